The molecule has 0 aliphatic carbocycles. The van der Waals surface area contributed by atoms with E-state index in [9.17, 15) is 0 Å². The molecule has 0 radical (unpaired) electrons. The molecule has 15 heavy (non-hydrogen) atoms. The molecule has 0 unspecified atom stereocenters. The number of nitrogens with two attached hydrogens (primary N) is 1. The van der Waals surface area contributed by atoms with Gasteiger partial charge in [-0.25, -0.2) is 0 Å². The first-order valence-electron chi connectivity index (χ1n) is 4.81. The summed E-state index contributed by atoms with van der Waals surface area (Å²) in [7, 11) is 1.93. The molecular weight excluding hydrogens is 187 g/mol. The summed E-state index contributed by atoms with van der Waals surface area (Å²) in [4.78, 5) is 4.31. The van der Waals surface area contributed by atoms with Gasteiger partial charge in [0.1, 0.15) is 0 Å². The first-order chi connectivity index (χ1) is 7.09. The summed E-state index contributed by atoms with van der Waals surface area (Å²) in [6.07, 6.45) is 1.67. The van der Waals surface area contributed by atoms with Crippen LogP contribution < -0.4 is 5.73 Å². The van der Waals surface area contributed by atoms with E-state index in [-0.39, 0.29) is 0 Å². The highest BCUT2D eigenvalue weighted by atomic mass is 15.2. The van der Waals surface area contributed by atoms with Gasteiger partial charge in [0.25, 0.3) is 0 Å². The minimum Gasteiger partial charge on any atom is -0.397 e. The lowest BCUT2D eigenvalue weighted by Gasteiger charge is -2.01. The van der Waals surface area contributed by atoms with Gasteiger partial charge in [-0.2, -0.15) is 5.10 Å². The normalized spacial score (nSPS) is 10.5. The maximum Gasteiger partial charge on any atom is 0.249 e. The van der Waals surface area contributed by atoms with Crippen LogP contribution in [0.25, 0.3) is 11.3 Å². The topological polar surface area (TPSA) is 56.7 Å². The molecule has 0 bridgehead atoms. The molecule has 5 heteroatoms. The minimum absolute atomic E-state index is 0.679. The lowest BCUT2D eigenvalue weighted by atomic mass is 10.1. The van der Waals surface area contributed by atoms with E-state index >= 15 is 0 Å². The number of anilines is 1. The van der Waals surface area contributed by atoms with Crippen LogP contribution in [0.4, 0.5) is 5.69 Å². The number of nitrogens with zero attached hydrogens (tertiary/aromatic N) is 3. The molecule has 2 rings (SSSR count). The second-order valence-electron chi connectivity index (χ2n) is 3.65. The molecule has 76 valence electrons. The molecule has 0 fully saturated rings. The molecule has 0 spiro atoms. The summed E-state index contributed by atoms with van der Waals surface area (Å²) in [5.41, 5.74) is 10.4. The average Bonchev–Trinajstić information content (AvgIpc) is 2.44. The number of hydrogen-bond donors (Lipinski definition) is 1. The predicted octanol–water partition coefficient (Wildman–Crippen LogP) is 0.540. The largest absolute Gasteiger partial charge is 0.397 e. The highest BCUT2D eigenvalue weighted by molar-refractivity contribution is 6.06. The third-order valence-electron chi connectivity index (χ3n) is 2.55. The van der Waals surface area contributed by atoms with E-state index in [0.717, 1.165) is 22.6 Å². The van der Waals surface area contributed by atoms with Gasteiger partial charge in [-0.05, 0) is 26.0 Å². The summed E-state index contributed by atoms with van der Waals surface area (Å²) in [6.45, 7) is 4.02. The fourth-order valence-corrected chi connectivity index (χ4v) is 1.70. The summed E-state index contributed by atoms with van der Waals surface area (Å²) < 4.78 is 1.86. The Bertz CT molecular complexity index is 487. The first kappa shape index (κ1) is 9.77. The van der Waals surface area contributed by atoms with Gasteiger partial charge < -0.3 is 10.3 Å². The predicted molar refractivity (Wildman–Crippen MR) is 63.3 cm³/mol. The van der Waals surface area contributed by atoms with E-state index in [2.05, 4.69) is 10.1 Å². The SMILES string of the molecule is Bn1nc(C)c(-c2ccc(N)cn2)c1C. The second kappa shape index (κ2) is 3.42. The smallest absolute Gasteiger partial charge is 0.249 e. The average molecular weight is 200 g/mol. The Morgan fingerprint density at radius 3 is 2.53 bits per heavy atom. The van der Waals surface area contributed by atoms with Gasteiger partial charge in [0.2, 0.25) is 7.98 Å². The van der Waals surface area contributed by atoms with Crippen LogP contribution in [0.1, 0.15) is 11.4 Å². The maximum atomic E-state index is 5.60. The summed E-state index contributed by atoms with van der Waals surface area (Å²) >= 11 is 0. The quantitative estimate of drug-likeness (QED) is 0.683. The lowest BCUT2D eigenvalue weighted by Crippen LogP contribution is -1.96. The third kappa shape index (κ3) is 1.60. The van der Waals surface area contributed by atoms with Crippen LogP contribution in [-0.2, 0) is 0 Å². The van der Waals surface area contributed by atoms with Gasteiger partial charge in [0.05, 0.1) is 23.3 Å². The molecule has 2 heterocycles. The van der Waals surface area contributed by atoms with Crippen molar-refractivity contribution >= 4 is 13.7 Å². The molecule has 0 saturated carbocycles. The van der Waals surface area contributed by atoms with Crippen molar-refractivity contribution in [2.24, 2.45) is 0 Å². The molecule has 0 aromatic carbocycles. The van der Waals surface area contributed by atoms with E-state index in [0.29, 0.717) is 5.69 Å². The number of aryl methyl sites for hydroxylation is 1. The van der Waals surface area contributed by atoms with Crippen molar-refractivity contribution in [1.82, 2.24) is 14.7 Å². The molecule has 2 aromatic rings. The Hall–Kier alpha value is -1.78. The van der Waals surface area contributed by atoms with Crippen molar-refractivity contribution < 1.29 is 0 Å². The van der Waals surface area contributed by atoms with Crippen molar-refractivity contribution in [3.63, 3.8) is 0 Å². The van der Waals surface area contributed by atoms with E-state index in [4.69, 9.17) is 5.73 Å². The zero-order chi connectivity index (χ0) is 11.0. The Balaban J connectivity index is 2.58. The number of aromatic nitrogens is 3. The van der Waals surface area contributed by atoms with Crippen LogP contribution >= 0.6 is 0 Å². The second-order valence-corrected chi connectivity index (χ2v) is 3.65. The van der Waals surface area contributed by atoms with Crippen LogP contribution in [0, 0.1) is 13.8 Å². The molecule has 0 aliphatic rings. The Labute approximate surface area is 89.6 Å². The number of nitrogen functional groups attached to an aromatic ring is 1. The highest BCUT2D eigenvalue weighted by Crippen LogP contribution is 2.24. The fraction of sp³-hybridized carbons (Fsp3) is 0.200. The van der Waals surface area contributed by atoms with Crippen molar-refractivity contribution in [1.29, 1.82) is 0 Å². The van der Waals surface area contributed by atoms with Crippen LogP contribution in [-0.4, -0.2) is 22.7 Å². The third-order valence-corrected chi connectivity index (χ3v) is 2.55. The van der Waals surface area contributed by atoms with Gasteiger partial charge in [-0.3, -0.25) is 4.98 Å². The highest BCUT2D eigenvalue weighted by Gasteiger charge is 2.11. The number of hydrogen-bond acceptors (Lipinski definition) is 3. The summed E-state index contributed by atoms with van der Waals surface area (Å²) in [5.74, 6) is 0. The Morgan fingerprint density at radius 1 is 1.33 bits per heavy atom. The lowest BCUT2D eigenvalue weighted by molar-refractivity contribution is 0.930. The van der Waals surface area contributed by atoms with Gasteiger partial charge in [0.15, 0.2) is 0 Å². The minimum atomic E-state index is 0.679. The van der Waals surface area contributed by atoms with Crippen molar-refractivity contribution in [2.75, 3.05) is 5.73 Å². The fourth-order valence-electron chi connectivity index (χ4n) is 1.70. The van der Waals surface area contributed by atoms with Crippen LogP contribution in [0.2, 0.25) is 0 Å². The van der Waals surface area contributed by atoms with Gasteiger partial charge >= 0.3 is 0 Å². The Morgan fingerprint density at radius 2 is 2.07 bits per heavy atom. The standard InChI is InChI=1S/C10H13BN4/c1-6-10(7(2)15(11)14-6)9-4-3-8(12)5-13-9/h3-5H,11-12H2,1-2H3. The first-order valence-corrected chi connectivity index (χ1v) is 4.81. The molecule has 0 aliphatic heterocycles. The molecule has 4 nitrogen and oxygen atoms in total. The molecule has 2 N–H and O–H groups in total. The maximum absolute atomic E-state index is 5.60. The molecule has 0 saturated heterocycles. The van der Waals surface area contributed by atoms with Crippen molar-refractivity contribution in [2.45, 2.75) is 13.8 Å². The monoisotopic (exact) mass is 200 g/mol. The van der Waals surface area contributed by atoms with Gasteiger partial charge in [-0.15, -0.1) is 0 Å². The van der Waals surface area contributed by atoms with E-state index < -0.39 is 0 Å². The van der Waals surface area contributed by atoms with Gasteiger partial charge in [0, 0.05) is 11.3 Å². The van der Waals surface area contributed by atoms with Crippen LogP contribution in [0.5, 0.6) is 0 Å². The summed E-state index contributed by atoms with van der Waals surface area (Å²) in [6, 6.07) is 3.78. The van der Waals surface area contributed by atoms with Gasteiger partial charge in [-0.1, -0.05) is 0 Å². The molecule has 0 atom stereocenters. The molecular formula is C10H13BN4. The van der Waals surface area contributed by atoms with Crippen molar-refractivity contribution in [3.8, 4) is 11.3 Å². The molecule has 0 amide bonds. The number of pyridine rings is 1. The summed E-state index contributed by atoms with van der Waals surface area (Å²) in [5, 5.41) is 4.35. The van der Waals surface area contributed by atoms with Crippen LogP contribution in [0.3, 0.4) is 0 Å². The van der Waals surface area contributed by atoms with Crippen molar-refractivity contribution in [3.05, 3.63) is 29.7 Å². The molecule has 2 aromatic heterocycles. The van der Waals surface area contributed by atoms with Crippen LogP contribution in [0.15, 0.2) is 18.3 Å². The van der Waals surface area contributed by atoms with E-state index in [1.54, 1.807) is 6.20 Å². The Kier molecular flexibility index (Phi) is 2.23. The van der Waals surface area contributed by atoms with E-state index in [1.807, 2.05) is 38.6 Å². The van der Waals surface area contributed by atoms with E-state index in [1.165, 1.54) is 0 Å². The zero-order valence-electron chi connectivity index (χ0n) is 9.15. The zero-order valence-corrected chi connectivity index (χ0v) is 9.15. The number of rotatable bonds is 1.